The fourth-order valence-corrected chi connectivity index (χ4v) is 3.83. The number of carbonyl (C=O) groups is 2. The molecule has 0 bridgehead atoms. The number of amides is 1. The second kappa shape index (κ2) is 4.35. The van der Waals surface area contributed by atoms with Gasteiger partial charge in [-0.3, -0.25) is 4.79 Å². The lowest BCUT2D eigenvalue weighted by Crippen LogP contribution is -2.45. The Labute approximate surface area is 97.8 Å². The largest absolute Gasteiger partial charge is 0.396 e. The van der Waals surface area contributed by atoms with Crippen LogP contribution in [-0.4, -0.2) is 57.2 Å². The molecule has 16 heavy (non-hydrogen) atoms. The van der Waals surface area contributed by atoms with E-state index in [-0.39, 0.29) is 12.5 Å². The second-order valence-corrected chi connectivity index (χ2v) is 5.40. The van der Waals surface area contributed by atoms with E-state index in [1.54, 1.807) is 0 Å². The summed E-state index contributed by atoms with van der Waals surface area (Å²) in [5, 5.41) is 18.8. The van der Waals surface area contributed by atoms with Crippen molar-refractivity contribution in [2.45, 2.75) is 23.8 Å². The van der Waals surface area contributed by atoms with Crippen molar-refractivity contribution < 1.29 is 19.8 Å². The van der Waals surface area contributed by atoms with Gasteiger partial charge in [-0.2, -0.15) is 0 Å². The molecule has 2 fully saturated rings. The summed E-state index contributed by atoms with van der Waals surface area (Å²) in [4.78, 5) is 24.2. The van der Waals surface area contributed by atoms with E-state index in [4.69, 9.17) is 5.11 Å². The van der Waals surface area contributed by atoms with E-state index >= 15 is 0 Å². The molecule has 1 unspecified atom stereocenters. The molecule has 3 atom stereocenters. The van der Waals surface area contributed by atoms with Gasteiger partial charge >= 0.3 is 0 Å². The Bertz CT molecular complexity index is 311. The van der Waals surface area contributed by atoms with Gasteiger partial charge in [0, 0.05) is 12.3 Å². The number of nitrogens with zero attached hydrogens (tertiary/aromatic N) is 1. The predicted octanol–water partition coefficient (Wildman–Crippen LogP) is -0.780. The monoisotopic (exact) mass is 245 g/mol. The van der Waals surface area contributed by atoms with Crippen molar-refractivity contribution >= 4 is 24.0 Å². The average molecular weight is 245 g/mol. The Morgan fingerprint density at radius 1 is 1.62 bits per heavy atom. The quantitative estimate of drug-likeness (QED) is 0.502. The van der Waals surface area contributed by atoms with Crippen molar-refractivity contribution in [3.8, 4) is 0 Å². The fourth-order valence-electron chi connectivity index (χ4n) is 2.57. The first-order chi connectivity index (χ1) is 7.65. The molecule has 2 aliphatic rings. The zero-order valence-corrected chi connectivity index (χ0v) is 9.65. The Hall–Kier alpha value is -0.590. The van der Waals surface area contributed by atoms with Gasteiger partial charge in [0.2, 0.25) is 5.91 Å². The predicted molar refractivity (Wildman–Crippen MR) is 58.8 cm³/mol. The highest BCUT2D eigenvalue weighted by atomic mass is 32.2. The van der Waals surface area contributed by atoms with E-state index in [9.17, 15) is 14.7 Å². The number of aliphatic hydroxyl groups is 2. The van der Waals surface area contributed by atoms with Crippen molar-refractivity contribution in [3.05, 3.63) is 0 Å². The maximum absolute atomic E-state index is 11.9. The van der Waals surface area contributed by atoms with Crippen LogP contribution in [0.15, 0.2) is 0 Å². The zero-order chi connectivity index (χ0) is 11.8. The minimum atomic E-state index is -1.18. The van der Waals surface area contributed by atoms with Crippen molar-refractivity contribution in [3.63, 3.8) is 0 Å². The number of aldehydes is 1. The number of rotatable bonds is 4. The fraction of sp³-hybridized carbons (Fsp3) is 0.800. The van der Waals surface area contributed by atoms with Crippen LogP contribution in [0.5, 0.6) is 0 Å². The third-order valence-corrected chi connectivity index (χ3v) is 4.71. The summed E-state index contributed by atoms with van der Waals surface area (Å²) in [5.74, 6) is -0.606. The van der Waals surface area contributed by atoms with E-state index in [0.29, 0.717) is 25.0 Å². The summed E-state index contributed by atoms with van der Waals surface area (Å²) in [6, 6.07) is 0. The molecule has 2 heterocycles. The van der Waals surface area contributed by atoms with Gasteiger partial charge in [0.15, 0.2) is 5.72 Å². The number of hydrogen-bond acceptors (Lipinski definition) is 5. The minimum absolute atomic E-state index is 0.0169. The van der Waals surface area contributed by atoms with E-state index in [1.165, 1.54) is 16.7 Å². The van der Waals surface area contributed by atoms with Gasteiger partial charge in [-0.05, 0) is 12.8 Å². The van der Waals surface area contributed by atoms with Gasteiger partial charge in [0.1, 0.15) is 12.2 Å². The molecule has 0 aromatic rings. The van der Waals surface area contributed by atoms with Gasteiger partial charge in [-0.25, -0.2) is 0 Å². The molecule has 2 rings (SSSR count). The van der Waals surface area contributed by atoms with Crippen LogP contribution in [-0.2, 0) is 9.59 Å². The van der Waals surface area contributed by atoms with Gasteiger partial charge in [-0.15, -0.1) is 11.8 Å². The first-order valence-electron chi connectivity index (χ1n) is 5.37. The summed E-state index contributed by atoms with van der Waals surface area (Å²) in [6.07, 6.45) is 1.91. The molecule has 0 spiro atoms. The lowest BCUT2D eigenvalue weighted by Gasteiger charge is -2.30. The molecule has 2 saturated heterocycles. The molecular formula is C10H15NO4S. The van der Waals surface area contributed by atoms with Crippen LogP contribution in [0.2, 0.25) is 0 Å². The van der Waals surface area contributed by atoms with Crippen molar-refractivity contribution in [1.29, 1.82) is 0 Å². The summed E-state index contributed by atoms with van der Waals surface area (Å²) in [6.45, 7) is 0.507. The Morgan fingerprint density at radius 2 is 2.38 bits per heavy atom. The first kappa shape index (κ1) is 11.9. The molecule has 6 heteroatoms. The van der Waals surface area contributed by atoms with Crippen molar-refractivity contribution in [2.24, 2.45) is 5.92 Å². The topological polar surface area (TPSA) is 77.8 Å². The highest BCUT2D eigenvalue weighted by Gasteiger charge is 2.59. The SMILES string of the molecule is O=C[C@@H]1C(=O)N2CCC[C@@]2(O)C1SCCO. The van der Waals surface area contributed by atoms with Gasteiger partial charge < -0.3 is 19.9 Å². The van der Waals surface area contributed by atoms with E-state index in [0.717, 1.165) is 6.42 Å². The van der Waals surface area contributed by atoms with Crippen LogP contribution < -0.4 is 0 Å². The van der Waals surface area contributed by atoms with Gasteiger partial charge in [0.05, 0.1) is 11.9 Å². The van der Waals surface area contributed by atoms with Gasteiger partial charge in [-0.1, -0.05) is 0 Å². The van der Waals surface area contributed by atoms with Crippen LogP contribution in [0.1, 0.15) is 12.8 Å². The summed E-state index contributed by atoms with van der Waals surface area (Å²) < 4.78 is 0. The Morgan fingerprint density at radius 3 is 3.00 bits per heavy atom. The summed E-state index contributed by atoms with van der Waals surface area (Å²) in [7, 11) is 0. The highest BCUT2D eigenvalue weighted by molar-refractivity contribution is 8.00. The number of hydrogen-bond donors (Lipinski definition) is 2. The molecule has 2 aliphatic heterocycles. The Kier molecular flexibility index (Phi) is 3.23. The average Bonchev–Trinajstić information content (AvgIpc) is 2.73. The standard InChI is InChI=1S/C10H15NO4S/c12-4-5-16-8-7(6-13)9(14)11-3-1-2-10(8,11)15/h6-8,12,15H,1-5H2/t7-,8?,10+/m0/s1. The molecule has 2 N–H and O–H groups in total. The minimum Gasteiger partial charge on any atom is -0.396 e. The molecular weight excluding hydrogens is 230 g/mol. The van der Waals surface area contributed by atoms with Crippen LogP contribution in [0.3, 0.4) is 0 Å². The first-order valence-corrected chi connectivity index (χ1v) is 6.41. The lowest BCUT2D eigenvalue weighted by atomic mass is 10.0. The maximum atomic E-state index is 11.9. The van der Waals surface area contributed by atoms with E-state index in [2.05, 4.69) is 0 Å². The van der Waals surface area contributed by atoms with Gasteiger partial charge in [0.25, 0.3) is 0 Å². The van der Waals surface area contributed by atoms with Crippen LogP contribution >= 0.6 is 11.8 Å². The summed E-state index contributed by atoms with van der Waals surface area (Å²) in [5.41, 5.74) is -1.18. The van der Waals surface area contributed by atoms with Crippen molar-refractivity contribution in [2.75, 3.05) is 18.9 Å². The number of aliphatic hydroxyl groups excluding tert-OH is 1. The van der Waals surface area contributed by atoms with E-state index in [1.807, 2.05) is 0 Å². The van der Waals surface area contributed by atoms with Crippen molar-refractivity contribution in [1.82, 2.24) is 4.90 Å². The van der Waals surface area contributed by atoms with Crippen LogP contribution in [0, 0.1) is 5.92 Å². The number of thioether (sulfide) groups is 1. The smallest absolute Gasteiger partial charge is 0.236 e. The van der Waals surface area contributed by atoms with Crippen LogP contribution in [0.4, 0.5) is 0 Å². The zero-order valence-electron chi connectivity index (χ0n) is 8.83. The highest BCUT2D eigenvalue weighted by Crippen LogP contribution is 2.45. The molecule has 90 valence electrons. The maximum Gasteiger partial charge on any atom is 0.236 e. The third-order valence-electron chi connectivity index (χ3n) is 3.26. The molecule has 0 saturated carbocycles. The molecule has 0 aromatic carbocycles. The molecule has 0 aromatic heterocycles. The van der Waals surface area contributed by atoms with E-state index < -0.39 is 16.9 Å². The molecule has 1 amide bonds. The Balaban J connectivity index is 2.23. The number of fused-ring (bicyclic) bond motifs is 1. The third kappa shape index (κ3) is 1.56. The second-order valence-electron chi connectivity index (χ2n) is 4.15. The molecule has 5 nitrogen and oxygen atoms in total. The molecule has 0 aliphatic carbocycles. The summed E-state index contributed by atoms with van der Waals surface area (Å²) >= 11 is 1.30. The normalized spacial score (nSPS) is 37.9. The lowest BCUT2D eigenvalue weighted by molar-refractivity contribution is -0.140. The van der Waals surface area contributed by atoms with Crippen LogP contribution in [0.25, 0.3) is 0 Å². The number of carbonyl (C=O) groups excluding carboxylic acids is 2. The molecule has 0 radical (unpaired) electrons.